The van der Waals surface area contributed by atoms with E-state index in [1.807, 2.05) is 0 Å². The van der Waals surface area contributed by atoms with E-state index in [4.69, 9.17) is 4.74 Å². The molecule has 0 aliphatic carbocycles. The van der Waals surface area contributed by atoms with E-state index in [0.29, 0.717) is 11.5 Å². The van der Waals surface area contributed by atoms with E-state index in [2.05, 4.69) is 20.4 Å². The molecule has 0 fully saturated rings. The first kappa shape index (κ1) is 16.5. The normalized spacial score (nSPS) is 11.8. The molecule has 1 atom stereocenters. The summed E-state index contributed by atoms with van der Waals surface area (Å²) >= 11 is 0. The molecule has 0 bridgehead atoms. The van der Waals surface area contributed by atoms with Gasteiger partial charge in [-0.05, 0) is 31.2 Å². The van der Waals surface area contributed by atoms with Crippen molar-refractivity contribution in [3.8, 4) is 11.6 Å². The van der Waals surface area contributed by atoms with Crippen LogP contribution in [0.4, 0.5) is 14.5 Å². The molecule has 0 saturated heterocycles. The zero-order chi connectivity index (χ0) is 17.8. The van der Waals surface area contributed by atoms with Crippen LogP contribution in [-0.2, 0) is 4.79 Å². The van der Waals surface area contributed by atoms with Gasteiger partial charge in [-0.1, -0.05) is 0 Å². The molecule has 0 unspecified atom stereocenters. The second kappa shape index (κ2) is 7.04. The third-order valence-corrected chi connectivity index (χ3v) is 3.24. The fraction of sp³-hybridized carbons (Fsp3) is 0.125. The summed E-state index contributed by atoms with van der Waals surface area (Å²) in [6.45, 7) is 1.49. The van der Waals surface area contributed by atoms with E-state index < -0.39 is 23.6 Å². The third kappa shape index (κ3) is 3.94. The van der Waals surface area contributed by atoms with Crippen molar-refractivity contribution in [2.45, 2.75) is 13.0 Å². The Bertz CT molecular complexity index is 869. The summed E-state index contributed by atoms with van der Waals surface area (Å²) in [5.41, 5.74) is 0.453. The molecule has 0 radical (unpaired) electrons. The van der Waals surface area contributed by atoms with Crippen LogP contribution in [0.2, 0.25) is 0 Å². The smallest absolute Gasteiger partial charge is 0.265 e. The lowest BCUT2D eigenvalue weighted by molar-refractivity contribution is -0.122. The average Bonchev–Trinajstić information content (AvgIpc) is 3.13. The standard InChI is InChI=1S/C16H13F2N5O2/c1-10(25-12-3-4-13(17)14(18)6-12)16(24)22-11-2-5-15(20-7-11)23-9-19-8-21-23/h2-10H,1H3,(H,22,24)/t10-/m0/s1. The number of aromatic nitrogens is 4. The second-order valence-electron chi connectivity index (χ2n) is 5.07. The minimum Gasteiger partial charge on any atom is -0.481 e. The molecule has 1 aromatic carbocycles. The summed E-state index contributed by atoms with van der Waals surface area (Å²) < 4.78 is 32.8. The summed E-state index contributed by atoms with van der Waals surface area (Å²) in [5, 5.41) is 6.56. The largest absolute Gasteiger partial charge is 0.481 e. The highest BCUT2D eigenvalue weighted by Crippen LogP contribution is 2.17. The molecule has 0 aliphatic heterocycles. The number of hydrogen-bond acceptors (Lipinski definition) is 5. The minimum absolute atomic E-state index is 0.0567. The fourth-order valence-corrected chi connectivity index (χ4v) is 1.97. The van der Waals surface area contributed by atoms with Crippen LogP contribution in [-0.4, -0.2) is 31.8 Å². The third-order valence-electron chi connectivity index (χ3n) is 3.24. The predicted octanol–water partition coefficient (Wildman–Crippen LogP) is 2.35. The van der Waals surface area contributed by atoms with Crippen molar-refractivity contribution in [2.75, 3.05) is 5.32 Å². The van der Waals surface area contributed by atoms with Crippen LogP contribution < -0.4 is 10.1 Å². The summed E-state index contributed by atoms with van der Waals surface area (Å²) in [7, 11) is 0. The van der Waals surface area contributed by atoms with Crippen LogP contribution >= 0.6 is 0 Å². The lowest BCUT2D eigenvalue weighted by atomic mass is 10.3. The summed E-state index contributed by atoms with van der Waals surface area (Å²) in [6.07, 6.45) is 3.42. The van der Waals surface area contributed by atoms with E-state index in [9.17, 15) is 13.6 Å². The number of halogens is 2. The SMILES string of the molecule is C[C@H](Oc1ccc(F)c(F)c1)C(=O)Nc1ccc(-n2cncn2)nc1. The summed E-state index contributed by atoms with van der Waals surface area (Å²) in [4.78, 5) is 20.1. The van der Waals surface area contributed by atoms with Gasteiger partial charge >= 0.3 is 0 Å². The van der Waals surface area contributed by atoms with Gasteiger partial charge in [-0.15, -0.1) is 0 Å². The van der Waals surface area contributed by atoms with Crippen molar-refractivity contribution >= 4 is 11.6 Å². The van der Waals surface area contributed by atoms with Crippen molar-refractivity contribution in [3.05, 3.63) is 60.8 Å². The van der Waals surface area contributed by atoms with Crippen LogP contribution in [0, 0.1) is 11.6 Å². The zero-order valence-electron chi connectivity index (χ0n) is 13.1. The van der Waals surface area contributed by atoms with Gasteiger partial charge in [0.25, 0.3) is 5.91 Å². The van der Waals surface area contributed by atoms with Crippen LogP contribution in [0.5, 0.6) is 5.75 Å². The lowest BCUT2D eigenvalue weighted by Crippen LogP contribution is -2.30. The van der Waals surface area contributed by atoms with Crippen molar-refractivity contribution in [1.82, 2.24) is 19.7 Å². The number of carbonyl (C=O) groups is 1. The molecule has 0 aliphatic rings. The first-order valence-corrected chi connectivity index (χ1v) is 7.26. The maximum absolute atomic E-state index is 13.2. The van der Waals surface area contributed by atoms with E-state index in [1.165, 1.54) is 36.5 Å². The molecule has 1 amide bonds. The molecule has 3 aromatic rings. The second-order valence-corrected chi connectivity index (χ2v) is 5.07. The Labute approximate surface area is 141 Å². The van der Waals surface area contributed by atoms with Gasteiger partial charge in [0.1, 0.15) is 18.4 Å². The highest BCUT2D eigenvalue weighted by molar-refractivity contribution is 5.94. The zero-order valence-corrected chi connectivity index (χ0v) is 13.1. The molecule has 2 aromatic heterocycles. The number of nitrogens with zero attached hydrogens (tertiary/aromatic N) is 4. The number of hydrogen-bond donors (Lipinski definition) is 1. The van der Waals surface area contributed by atoms with Crippen LogP contribution in [0.1, 0.15) is 6.92 Å². The number of amides is 1. The Kier molecular flexibility index (Phi) is 4.64. The van der Waals surface area contributed by atoms with Crippen molar-refractivity contribution in [3.63, 3.8) is 0 Å². The number of pyridine rings is 1. The molecule has 9 heteroatoms. The number of benzene rings is 1. The van der Waals surface area contributed by atoms with E-state index >= 15 is 0 Å². The Morgan fingerprint density at radius 2 is 2.08 bits per heavy atom. The van der Waals surface area contributed by atoms with Gasteiger partial charge in [-0.25, -0.2) is 23.4 Å². The maximum atomic E-state index is 13.2. The Morgan fingerprint density at radius 3 is 2.72 bits per heavy atom. The number of rotatable bonds is 5. The van der Waals surface area contributed by atoms with Gasteiger partial charge < -0.3 is 10.1 Å². The van der Waals surface area contributed by atoms with Gasteiger partial charge in [0, 0.05) is 6.07 Å². The van der Waals surface area contributed by atoms with Crippen LogP contribution in [0.25, 0.3) is 5.82 Å². The van der Waals surface area contributed by atoms with E-state index in [1.54, 1.807) is 12.1 Å². The number of carbonyl (C=O) groups excluding carboxylic acids is 1. The molecule has 25 heavy (non-hydrogen) atoms. The Balaban J connectivity index is 1.62. The van der Waals surface area contributed by atoms with E-state index in [-0.39, 0.29) is 5.75 Å². The van der Waals surface area contributed by atoms with Crippen molar-refractivity contribution in [2.24, 2.45) is 0 Å². The molecule has 0 saturated carbocycles. The highest BCUT2D eigenvalue weighted by atomic mass is 19.2. The first-order valence-electron chi connectivity index (χ1n) is 7.26. The van der Waals surface area contributed by atoms with Gasteiger partial charge in [0.15, 0.2) is 23.6 Å². The molecule has 2 heterocycles. The molecule has 3 rings (SSSR count). The Hall–Kier alpha value is -3.36. The van der Waals surface area contributed by atoms with Gasteiger partial charge in [-0.2, -0.15) is 5.10 Å². The summed E-state index contributed by atoms with van der Waals surface area (Å²) in [6, 6.07) is 6.36. The number of nitrogens with one attached hydrogen (secondary N) is 1. The molecule has 128 valence electrons. The van der Waals surface area contributed by atoms with Gasteiger partial charge in [0.2, 0.25) is 0 Å². The quantitative estimate of drug-likeness (QED) is 0.768. The van der Waals surface area contributed by atoms with Crippen LogP contribution in [0.3, 0.4) is 0 Å². The lowest BCUT2D eigenvalue weighted by Gasteiger charge is -2.15. The average molecular weight is 345 g/mol. The van der Waals surface area contributed by atoms with Gasteiger partial charge in [-0.3, -0.25) is 4.79 Å². The van der Waals surface area contributed by atoms with Gasteiger partial charge in [0.05, 0.1) is 11.9 Å². The number of ether oxygens (including phenoxy) is 1. The van der Waals surface area contributed by atoms with Crippen LogP contribution in [0.15, 0.2) is 49.2 Å². The summed E-state index contributed by atoms with van der Waals surface area (Å²) in [5.74, 6) is -1.89. The number of anilines is 1. The predicted molar refractivity (Wildman–Crippen MR) is 84.2 cm³/mol. The van der Waals surface area contributed by atoms with Crippen molar-refractivity contribution < 1.29 is 18.3 Å². The monoisotopic (exact) mass is 345 g/mol. The Morgan fingerprint density at radius 1 is 1.24 bits per heavy atom. The molecule has 1 N–H and O–H groups in total. The molecular weight excluding hydrogens is 332 g/mol. The maximum Gasteiger partial charge on any atom is 0.265 e. The first-order chi connectivity index (χ1) is 12.0. The topological polar surface area (TPSA) is 81.9 Å². The van der Waals surface area contributed by atoms with Crippen molar-refractivity contribution in [1.29, 1.82) is 0 Å². The molecular formula is C16H13F2N5O2. The fourth-order valence-electron chi connectivity index (χ4n) is 1.97. The minimum atomic E-state index is -1.04. The highest BCUT2D eigenvalue weighted by Gasteiger charge is 2.16. The van der Waals surface area contributed by atoms with E-state index in [0.717, 1.165) is 12.1 Å². The molecule has 0 spiro atoms. The molecule has 7 nitrogen and oxygen atoms in total.